The van der Waals surface area contributed by atoms with Gasteiger partial charge in [0.25, 0.3) is 0 Å². The van der Waals surface area contributed by atoms with E-state index in [0.717, 1.165) is 17.7 Å². The van der Waals surface area contributed by atoms with E-state index in [1.54, 1.807) is 12.3 Å². The van der Waals surface area contributed by atoms with Crippen molar-refractivity contribution in [2.45, 2.75) is 25.8 Å². The van der Waals surface area contributed by atoms with E-state index in [9.17, 15) is 4.79 Å². The molecule has 0 spiro atoms. The molecule has 0 fully saturated rings. The molecule has 0 amide bonds. The molecule has 0 atom stereocenters. The van der Waals surface area contributed by atoms with Gasteiger partial charge in [0.05, 0.1) is 18.7 Å². The number of aromatic nitrogens is 1. The van der Waals surface area contributed by atoms with Gasteiger partial charge in [-0.05, 0) is 12.0 Å². The summed E-state index contributed by atoms with van der Waals surface area (Å²) in [5.74, 6) is 0.688. The van der Waals surface area contributed by atoms with E-state index < -0.39 is 0 Å². The molecule has 4 heteroatoms. The van der Waals surface area contributed by atoms with Gasteiger partial charge in [-0.1, -0.05) is 37.3 Å². The second-order valence-corrected chi connectivity index (χ2v) is 4.86. The SMILES string of the molecule is CCCOc1cn(Cc2ccccc2)c(CCl)cc1=O. The second kappa shape index (κ2) is 7.15. The maximum absolute atomic E-state index is 11.9. The van der Waals surface area contributed by atoms with Crippen molar-refractivity contribution in [3.8, 4) is 5.75 Å². The van der Waals surface area contributed by atoms with Crippen LogP contribution in [0.2, 0.25) is 0 Å². The number of hydrogen-bond acceptors (Lipinski definition) is 2. The first-order chi connectivity index (χ1) is 9.74. The molecular weight excluding hydrogens is 274 g/mol. The maximum Gasteiger partial charge on any atom is 0.223 e. The molecule has 0 saturated heterocycles. The highest BCUT2D eigenvalue weighted by atomic mass is 35.5. The number of nitrogens with zero attached hydrogens (tertiary/aromatic N) is 1. The number of pyridine rings is 1. The fraction of sp³-hybridized carbons (Fsp3) is 0.312. The van der Waals surface area contributed by atoms with Crippen LogP contribution in [0.15, 0.2) is 47.4 Å². The van der Waals surface area contributed by atoms with Gasteiger partial charge in [-0.3, -0.25) is 4.79 Å². The summed E-state index contributed by atoms with van der Waals surface area (Å²) in [4.78, 5) is 11.9. The first-order valence-corrected chi connectivity index (χ1v) is 7.24. The van der Waals surface area contributed by atoms with Gasteiger partial charge in [0.15, 0.2) is 5.75 Å². The zero-order valence-electron chi connectivity index (χ0n) is 11.5. The molecule has 3 nitrogen and oxygen atoms in total. The molecular formula is C16H18ClNO2. The Morgan fingerprint density at radius 2 is 2.00 bits per heavy atom. The van der Waals surface area contributed by atoms with E-state index in [-0.39, 0.29) is 5.43 Å². The summed E-state index contributed by atoms with van der Waals surface area (Å²) in [5.41, 5.74) is 1.84. The van der Waals surface area contributed by atoms with Crippen LogP contribution in [0.3, 0.4) is 0 Å². The molecule has 1 aromatic carbocycles. The minimum absolute atomic E-state index is 0.113. The predicted molar refractivity (Wildman–Crippen MR) is 81.6 cm³/mol. The smallest absolute Gasteiger partial charge is 0.223 e. The molecule has 0 radical (unpaired) electrons. The molecule has 1 aromatic heterocycles. The lowest BCUT2D eigenvalue weighted by Crippen LogP contribution is -2.15. The van der Waals surface area contributed by atoms with E-state index in [2.05, 4.69) is 0 Å². The van der Waals surface area contributed by atoms with Crippen LogP contribution in [0.25, 0.3) is 0 Å². The lowest BCUT2D eigenvalue weighted by molar-refractivity contribution is 0.311. The Hall–Kier alpha value is -1.74. The first-order valence-electron chi connectivity index (χ1n) is 6.70. The monoisotopic (exact) mass is 291 g/mol. The van der Waals surface area contributed by atoms with Gasteiger partial charge >= 0.3 is 0 Å². The van der Waals surface area contributed by atoms with Crippen LogP contribution < -0.4 is 10.2 Å². The van der Waals surface area contributed by atoms with Gasteiger partial charge in [-0.2, -0.15) is 0 Å². The summed E-state index contributed by atoms with van der Waals surface area (Å²) in [5, 5.41) is 0. The first kappa shape index (κ1) is 14.7. The van der Waals surface area contributed by atoms with Crippen LogP contribution in [0.1, 0.15) is 24.6 Å². The lowest BCUT2D eigenvalue weighted by Gasteiger charge is -2.14. The number of alkyl halides is 1. The molecule has 0 N–H and O–H groups in total. The Kier molecular flexibility index (Phi) is 5.24. The average Bonchev–Trinajstić information content (AvgIpc) is 2.48. The fourth-order valence-corrected chi connectivity index (χ4v) is 2.19. The van der Waals surface area contributed by atoms with E-state index in [0.29, 0.717) is 24.8 Å². The van der Waals surface area contributed by atoms with Crippen LogP contribution in [0, 0.1) is 0 Å². The van der Waals surface area contributed by atoms with Crippen molar-refractivity contribution in [2.75, 3.05) is 6.61 Å². The van der Waals surface area contributed by atoms with Gasteiger partial charge in [-0.15, -0.1) is 11.6 Å². The molecule has 0 unspecified atom stereocenters. The van der Waals surface area contributed by atoms with Crippen LogP contribution in [0.5, 0.6) is 5.75 Å². The predicted octanol–water partition coefficient (Wildman–Crippen LogP) is 3.42. The highest BCUT2D eigenvalue weighted by Gasteiger charge is 2.07. The summed E-state index contributed by atoms with van der Waals surface area (Å²) in [6.45, 7) is 3.22. The third-order valence-corrected chi connectivity index (χ3v) is 3.25. The minimum Gasteiger partial charge on any atom is -0.488 e. The Morgan fingerprint density at radius 1 is 1.25 bits per heavy atom. The zero-order valence-corrected chi connectivity index (χ0v) is 12.3. The molecule has 2 aromatic rings. The van der Waals surface area contributed by atoms with Crippen molar-refractivity contribution in [1.29, 1.82) is 0 Å². The highest BCUT2D eigenvalue weighted by molar-refractivity contribution is 6.16. The topological polar surface area (TPSA) is 31.2 Å². The van der Waals surface area contributed by atoms with E-state index >= 15 is 0 Å². The van der Waals surface area contributed by atoms with Crippen LogP contribution >= 0.6 is 11.6 Å². The van der Waals surface area contributed by atoms with Crippen molar-refractivity contribution in [3.63, 3.8) is 0 Å². The molecule has 0 bridgehead atoms. The number of rotatable bonds is 6. The Morgan fingerprint density at radius 3 is 2.65 bits per heavy atom. The van der Waals surface area contributed by atoms with Crippen molar-refractivity contribution in [2.24, 2.45) is 0 Å². The van der Waals surface area contributed by atoms with E-state index in [1.807, 2.05) is 41.8 Å². The van der Waals surface area contributed by atoms with Gasteiger partial charge in [0.1, 0.15) is 0 Å². The van der Waals surface area contributed by atoms with Crippen LogP contribution in [-0.2, 0) is 12.4 Å². The molecule has 106 valence electrons. The third-order valence-electron chi connectivity index (χ3n) is 2.98. The molecule has 0 aliphatic rings. The zero-order chi connectivity index (χ0) is 14.4. The van der Waals surface area contributed by atoms with Crippen molar-refractivity contribution in [1.82, 2.24) is 4.57 Å². The third kappa shape index (κ3) is 3.64. The van der Waals surface area contributed by atoms with Crippen molar-refractivity contribution in [3.05, 3.63) is 64.1 Å². The Labute approximate surface area is 123 Å². The van der Waals surface area contributed by atoms with Crippen LogP contribution in [0.4, 0.5) is 0 Å². The summed E-state index contributed by atoms with van der Waals surface area (Å²) in [7, 11) is 0. The maximum atomic E-state index is 11.9. The molecule has 0 saturated carbocycles. The minimum atomic E-state index is -0.113. The number of hydrogen-bond donors (Lipinski definition) is 0. The largest absolute Gasteiger partial charge is 0.488 e. The van der Waals surface area contributed by atoms with E-state index in [1.165, 1.54) is 0 Å². The van der Waals surface area contributed by atoms with Gasteiger partial charge < -0.3 is 9.30 Å². The summed E-state index contributed by atoms with van der Waals surface area (Å²) >= 11 is 5.93. The van der Waals surface area contributed by atoms with Gasteiger partial charge in [-0.25, -0.2) is 0 Å². The number of halogens is 1. The van der Waals surface area contributed by atoms with Crippen LogP contribution in [-0.4, -0.2) is 11.2 Å². The second-order valence-electron chi connectivity index (χ2n) is 4.59. The van der Waals surface area contributed by atoms with E-state index in [4.69, 9.17) is 16.3 Å². The summed E-state index contributed by atoms with van der Waals surface area (Å²) < 4.78 is 7.45. The molecule has 0 aliphatic heterocycles. The molecule has 1 heterocycles. The Bertz CT molecular complexity index is 608. The van der Waals surface area contributed by atoms with Crippen molar-refractivity contribution >= 4 is 11.6 Å². The number of ether oxygens (including phenoxy) is 1. The normalized spacial score (nSPS) is 10.5. The average molecular weight is 292 g/mol. The fourth-order valence-electron chi connectivity index (χ4n) is 1.96. The molecule has 0 aliphatic carbocycles. The highest BCUT2D eigenvalue weighted by Crippen LogP contribution is 2.12. The molecule has 20 heavy (non-hydrogen) atoms. The lowest BCUT2D eigenvalue weighted by atomic mass is 10.2. The van der Waals surface area contributed by atoms with Gasteiger partial charge in [0.2, 0.25) is 5.43 Å². The van der Waals surface area contributed by atoms with Gasteiger partial charge in [0, 0.05) is 18.3 Å². The quantitative estimate of drug-likeness (QED) is 0.764. The van der Waals surface area contributed by atoms with Crippen molar-refractivity contribution < 1.29 is 4.74 Å². The Balaban J connectivity index is 2.32. The standard InChI is InChI=1S/C16H18ClNO2/c1-2-8-20-16-12-18(14(10-17)9-15(16)19)11-13-6-4-3-5-7-13/h3-7,9,12H,2,8,10-11H2,1H3. The number of benzene rings is 1. The molecule has 2 rings (SSSR count). The summed E-state index contributed by atoms with van der Waals surface area (Å²) in [6.07, 6.45) is 2.62. The summed E-state index contributed by atoms with van der Waals surface area (Å²) in [6, 6.07) is 11.6.